The third-order valence-electron chi connectivity index (χ3n) is 3.06. The topological polar surface area (TPSA) is 46.5 Å². The van der Waals surface area contributed by atoms with Crippen molar-refractivity contribution in [2.45, 2.75) is 29.0 Å². The van der Waals surface area contributed by atoms with Gasteiger partial charge in [-0.2, -0.15) is 26.3 Å². The molecule has 3 nitrogen and oxygen atoms in total. The van der Waals surface area contributed by atoms with Gasteiger partial charge in [-0.05, 0) is 30.3 Å². The maximum Gasteiger partial charge on any atom is 0.432 e. The van der Waals surface area contributed by atoms with Crippen LogP contribution in [0.25, 0.3) is 0 Å². The van der Waals surface area contributed by atoms with Crippen LogP contribution in [0, 0.1) is 0 Å². The molecular weight excluding hydrogens is 348 g/mol. The number of alkyl halides is 6. The second-order valence-corrected chi connectivity index (χ2v) is 6.78. The fraction of sp³-hybridized carbons (Fsp3) is 0.308. The molecule has 126 valence electrons. The predicted molar refractivity (Wildman–Crippen MR) is 69.7 cm³/mol. The van der Waals surface area contributed by atoms with Crippen molar-refractivity contribution >= 4 is 15.5 Å². The molecule has 1 unspecified atom stereocenters. The van der Waals surface area contributed by atoms with Crippen LogP contribution in [0.3, 0.4) is 0 Å². The Kier molecular flexibility index (Phi) is 4.31. The molecule has 0 saturated carbocycles. The Bertz CT molecular complexity index is 744. The quantitative estimate of drug-likeness (QED) is 0.757. The van der Waals surface area contributed by atoms with Gasteiger partial charge in [0.05, 0.1) is 10.5 Å². The third-order valence-corrected chi connectivity index (χ3v) is 5.00. The first-order valence-electron chi connectivity index (χ1n) is 6.15. The van der Waals surface area contributed by atoms with Crippen molar-refractivity contribution in [3.8, 4) is 0 Å². The summed E-state index contributed by atoms with van der Waals surface area (Å²) in [4.78, 5) is 2.65. The average Bonchev–Trinajstić information content (AvgIpc) is 2.46. The predicted octanol–water partition coefficient (Wildman–Crippen LogP) is 3.77. The van der Waals surface area contributed by atoms with Crippen LogP contribution >= 0.6 is 0 Å². The number of rotatable bonds is 2. The summed E-state index contributed by atoms with van der Waals surface area (Å²) < 4.78 is 99.6. The normalized spacial score (nSPS) is 19.6. The Morgan fingerprint density at radius 1 is 0.957 bits per heavy atom. The summed E-state index contributed by atoms with van der Waals surface area (Å²) in [6.07, 6.45) is -8.05. The Hall–Kier alpha value is -1.84. The molecule has 1 aliphatic heterocycles. The maximum atomic E-state index is 12.6. The lowest BCUT2D eigenvalue weighted by atomic mass is 10.2. The Morgan fingerprint density at radius 2 is 1.52 bits per heavy atom. The van der Waals surface area contributed by atoms with E-state index in [1.807, 2.05) is 0 Å². The summed E-state index contributed by atoms with van der Waals surface area (Å²) in [7, 11) is -4.32. The van der Waals surface area contributed by atoms with E-state index in [0.29, 0.717) is 30.3 Å². The summed E-state index contributed by atoms with van der Waals surface area (Å²) in [6.45, 7) is 0. The summed E-state index contributed by atoms with van der Waals surface area (Å²) in [5.74, 6) is 0. The SMILES string of the molecule is O=S(=O)(c1ccc(C(F)(F)F)cc1)C1CC=CC(C(F)(F)F)=N1. The molecule has 0 spiro atoms. The lowest BCUT2D eigenvalue weighted by molar-refractivity contribution is -0.137. The monoisotopic (exact) mass is 357 g/mol. The van der Waals surface area contributed by atoms with E-state index in [2.05, 4.69) is 4.99 Å². The lowest BCUT2D eigenvalue weighted by Gasteiger charge is -2.18. The molecule has 0 radical (unpaired) electrons. The third kappa shape index (κ3) is 3.74. The average molecular weight is 357 g/mol. The number of sulfone groups is 1. The van der Waals surface area contributed by atoms with Gasteiger partial charge in [0, 0.05) is 6.42 Å². The minimum atomic E-state index is -4.80. The van der Waals surface area contributed by atoms with Gasteiger partial charge >= 0.3 is 12.4 Å². The Morgan fingerprint density at radius 3 is 2.00 bits per heavy atom. The highest BCUT2D eigenvalue weighted by atomic mass is 32.2. The summed E-state index contributed by atoms with van der Waals surface area (Å²) in [5.41, 5.74) is -2.40. The number of benzene rings is 1. The molecule has 1 heterocycles. The van der Waals surface area contributed by atoms with Crippen LogP contribution in [0.5, 0.6) is 0 Å². The van der Waals surface area contributed by atoms with E-state index >= 15 is 0 Å². The molecule has 0 N–H and O–H groups in total. The number of aliphatic imine (C=N–C) groups is 1. The molecule has 0 aromatic heterocycles. The van der Waals surface area contributed by atoms with Crippen molar-refractivity contribution in [2.24, 2.45) is 4.99 Å². The molecule has 1 aromatic rings. The first-order valence-corrected chi connectivity index (χ1v) is 7.70. The zero-order valence-corrected chi connectivity index (χ0v) is 12.0. The molecule has 10 heteroatoms. The number of allylic oxidation sites excluding steroid dienone is 1. The van der Waals surface area contributed by atoms with Crippen molar-refractivity contribution in [1.29, 1.82) is 0 Å². The fourth-order valence-corrected chi connectivity index (χ4v) is 3.35. The standard InChI is InChI=1S/C13H9F6NO2S/c14-12(15,16)8-4-6-9(7-5-8)23(21,22)11-3-1-2-10(20-11)13(17,18)19/h1-2,4-7,11H,3H2. The molecule has 0 amide bonds. The van der Waals surface area contributed by atoms with Crippen LogP contribution in [0.4, 0.5) is 26.3 Å². The van der Waals surface area contributed by atoms with Crippen LogP contribution in [-0.4, -0.2) is 25.7 Å². The van der Waals surface area contributed by atoms with E-state index in [9.17, 15) is 34.8 Å². The maximum absolute atomic E-state index is 12.6. The van der Waals surface area contributed by atoms with Gasteiger partial charge in [0.2, 0.25) is 9.84 Å². The molecule has 0 fully saturated rings. The minimum Gasteiger partial charge on any atom is -0.260 e. The van der Waals surface area contributed by atoms with Gasteiger partial charge in [0.1, 0.15) is 5.71 Å². The van der Waals surface area contributed by atoms with Crippen molar-refractivity contribution in [1.82, 2.24) is 0 Å². The van der Waals surface area contributed by atoms with Gasteiger partial charge in [-0.15, -0.1) is 0 Å². The molecule has 0 bridgehead atoms. The second kappa shape index (κ2) is 5.66. The van der Waals surface area contributed by atoms with Crippen LogP contribution in [0.15, 0.2) is 46.3 Å². The van der Waals surface area contributed by atoms with Gasteiger partial charge in [-0.1, -0.05) is 6.08 Å². The number of nitrogens with zero attached hydrogens (tertiary/aromatic N) is 1. The van der Waals surface area contributed by atoms with Crippen LogP contribution in [0.2, 0.25) is 0 Å². The molecule has 1 aromatic carbocycles. The highest BCUT2D eigenvalue weighted by Gasteiger charge is 2.38. The zero-order valence-electron chi connectivity index (χ0n) is 11.2. The van der Waals surface area contributed by atoms with Gasteiger partial charge < -0.3 is 0 Å². The number of hydrogen-bond acceptors (Lipinski definition) is 3. The van der Waals surface area contributed by atoms with Crippen LogP contribution in [0.1, 0.15) is 12.0 Å². The van der Waals surface area contributed by atoms with E-state index < -0.39 is 43.7 Å². The summed E-state index contributed by atoms with van der Waals surface area (Å²) >= 11 is 0. The number of dihydropyridines is 1. The van der Waals surface area contributed by atoms with E-state index in [-0.39, 0.29) is 6.42 Å². The summed E-state index contributed by atoms with van der Waals surface area (Å²) in [5, 5.41) is -1.72. The zero-order chi connectivity index (χ0) is 17.5. The molecule has 0 aliphatic carbocycles. The molecule has 0 saturated heterocycles. The first kappa shape index (κ1) is 17.5. The number of halogens is 6. The minimum absolute atomic E-state index is 0.289. The molecular formula is C13H9F6NO2S. The molecule has 1 aliphatic rings. The van der Waals surface area contributed by atoms with Gasteiger partial charge in [-0.25, -0.2) is 8.42 Å². The molecule has 23 heavy (non-hydrogen) atoms. The van der Waals surface area contributed by atoms with Crippen molar-refractivity contribution < 1.29 is 34.8 Å². The molecule has 1 atom stereocenters. The van der Waals surface area contributed by atoms with E-state index in [4.69, 9.17) is 0 Å². The van der Waals surface area contributed by atoms with E-state index in [1.54, 1.807) is 0 Å². The smallest absolute Gasteiger partial charge is 0.260 e. The summed E-state index contributed by atoms with van der Waals surface area (Å²) in [6, 6.07) is 2.53. The van der Waals surface area contributed by atoms with Crippen molar-refractivity contribution in [3.63, 3.8) is 0 Å². The van der Waals surface area contributed by atoms with Crippen molar-refractivity contribution in [2.75, 3.05) is 0 Å². The number of hydrogen-bond donors (Lipinski definition) is 0. The Balaban J connectivity index is 2.36. The highest BCUT2D eigenvalue weighted by Crippen LogP contribution is 2.31. The second-order valence-electron chi connectivity index (χ2n) is 4.67. The van der Waals surface area contributed by atoms with Crippen molar-refractivity contribution in [3.05, 3.63) is 42.0 Å². The van der Waals surface area contributed by atoms with Crippen LogP contribution < -0.4 is 0 Å². The lowest BCUT2D eigenvalue weighted by Crippen LogP contribution is -2.29. The van der Waals surface area contributed by atoms with E-state index in [1.165, 1.54) is 0 Å². The molecule has 2 rings (SSSR count). The van der Waals surface area contributed by atoms with Crippen LogP contribution in [-0.2, 0) is 16.0 Å². The highest BCUT2D eigenvalue weighted by molar-refractivity contribution is 7.92. The van der Waals surface area contributed by atoms with Gasteiger partial charge in [0.15, 0.2) is 5.37 Å². The fourth-order valence-electron chi connectivity index (χ4n) is 1.90. The Labute approximate surface area is 127 Å². The van der Waals surface area contributed by atoms with Gasteiger partial charge in [-0.3, -0.25) is 4.99 Å². The first-order chi connectivity index (χ1) is 10.4. The van der Waals surface area contributed by atoms with E-state index in [0.717, 1.165) is 6.08 Å². The largest absolute Gasteiger partial charge is 0.432 e. The van der Waals surface area contributed by atoms with Gasteiger partial charge in [0.25, 0.3) is 0 Å².